The van der Waals surface area contributed by atoms with Crippen molar-refractivity contribution in [3.8, 4) is 34.1 Å². The molecule has 10 rings (SSSR count). The first kappa shape index (κ1) is 54.8. The number of hydrogen-bond donors (Lipinski definition) is 0. The highest BCUT2D eigenvalue weighted by Gasteiger charge is 2.42. The monoisotopic (exact) mass is 1150 g/mol. The molecule has 10 aromatic rings. The van der Waals surface area contributed by atoms with Crippen molar-refractivity contribution in [1.29, 1.82) is 0 Å². The van der Waals surface area contributed by atoms with Crippen molar-refractivity contribution in [3.63, 3.8) is 0 Å². The van der Waals surface area contributed by atoms with E-state index in [1.165, 1.54) is 12.1 Å². The standard InChI is InChI=1S/C56H54N8O12P4/c1-5-69-53(65)43-41-44(54(66)70-6-2)50(74-78(59-29-13-14-30-59)60-31-15-16-32-60)47(49(43)73-77(57-25-9-10-26-57)58-27-11-12-28-58)48-51(75-79(61-33-17-18-34-61)62-35-19-20-36-62)45(55(67)71-7-3)42-46(56(68)72-8-4)52(48)76-80(63-37-21-22-38-63)64-39-23-24-40-64/h9-42H,5-8H2,1-4H3. The topological polar surface area (TPSA) is 182 Å². The third-order valence-corrected chi connectivity index (χ3v) is 18.4. The summed E-state index contributed by atoms with van der Waals surface area (Å²) in [5.74, 6) is -4.53. The minimum atomic E-state index is -2.09. The third-order valence-electron chi connectivity index (χ3n) is 11.7. The van der Waals surface area contributed by atoms with Crippen LogP contribution in [0.2, 0.25) is 0 Å². The molecule has 0 aliphatic rings. The molecule has 20 nitrogen and oxygen atoms in total. The van der Waals surface area contributed by atoms with E-state index in [2.05, 4.69) is 0 Å². The zero-order valence-electron chi connectivity index (χ0n) is 43.7. The zero-order chi connectivity index (χ0) is 55.5. The minimum absolute atomic E-state index is 0.0960. The van der Waals surface area contributed by atoms with Crippen LogP contribution in [0, 0.1) is 0 Å². The van der Waals surface area contributed by atoms with Gasteiger partial charge in [0.2, 0.25) is 0 Å². The molecule has 410 valence electrons. The SMILES string of the molecule is CCOC(=O)c1cc(C(=O)OCC)c(OP(n2cccc2)n2cccc2)c(-c2c(OP(n3cccc3)n3cccc3)c(C(=O)OCC)cc(C(=O)OCC)c2OP(n2cccc2)n2cccc2)c1OP(n1cccc1)n1cccc1. The van der Waals surface area contributed by atoms with Crippen LogP contribution >= 0.6 is 33.8 Å². The maximum atomic E-state index is 15.2. The molecule has 0 fully saturated rings. The maximum Gasteiger partial charge on any atom is 0.341 e. The molecule has 0 atom stereocenters. The van der Waals surface area contributed by atoms with Gasteiger partial charge in [-0.15, -0.1) is 0 Å². The molecule has 0 radical (unpaired) electrons. The Balaban J connectivity index is 1.45. The molecule has 0 saturated carbocycles. The van der Waals surface area contributed by atoms with E-state index in [0.717, 1.165) is 0 Å². The number of hydrogen-bond acceptors (Lipinski definition) is 12. The van der Waals surface area contributed by atoms with Crippen LogP contribution in [0.15, 0.2) is 208 Å². The van der Waals surface area contributed by atoms with Gasteiger partial charge in [0.15, 0.2) is 23.0 Å². The van der Waals surface area contributed by atoms with Gasteiger partial charge in [-0.2, -0.15) is 0 Å². The van der Waals surface area contributed by atoms with Gasteiger partial charge in [0.25, 0.3) is 0 Å². The molecule has 0 bridgehead atoms. The molecule has 2 aromatic carbocycles. The van der Waals surface area contributed by atoms with Crippen molar-refractivity contribution in [2.75, 3.05) is 26.4 Å². The fraction of sp³-hybridized carbons (Fsp3) is 0.143. The van der Waals surface area contributed by atoms with Crippen molar-refractivity contribution in [1.82, 2.24) is 34.7 Å². The smallest absolute Gasteiger partial charge is 0.341 e. The van der Waals surface area contributed by atoms with Crippen LogP contribution in [0.5, 0.6) is 23.0 Å². The van der Waals surface area contributed by atoms with Crippen LogP contribution < -0.4 is 18.1 Å². The van der Waals surface area contributed by atoms with Gasteiger partial charge in [-0.1, -0.05) is 0 Å². The summed E-state index contributed by atoms with van der Waals surface area (Å²) in [7, 11) is -8.38. The van der Waals surface area contributed by atoms with E-state index in [-0.39, 0.29) is 82.8 Å². The van der Waals surface area contributed by atoms with E-state index in [1.807, 2.05) is 231 Å². The van der Waals surface area contributed by atoms with Crippen LogP contribution in [0.4, 0.5) is 0 Å². The molecule has 0 aliphatic carbocycles. The highest BCUT2D eigenvalue weighted by atomic mass is 31.2. The number of rotatable bonds is 25. The quantitative estimate of drug-likeness (QED) is 0.0300. The second-order valence-electron chi connectivity index (χ2n) is 16.8. The van der Waals surface area contributed by atoms with Gasteiger partial charge < -0.3 is 37.0 Å². The molecule has 8 heterocycles. The van der Waals surface area contributed by atoms with E-state index in [4.69, 9.17) is 37.0 Å². The summed E-state index contributed by atoms with van der Waals surface area (Å²) >= 11 is 0. The Hall–Kier alpha value is -8.52. The lowest BCUT2D eigenvalue weighted by Crippen LogP contribution is -2.18. The zero-order valence-corrected chi connectivity index (χ0v) is 47.3. The Labute approximate surface area is 465 Å². The normalized spacial score (nSPS) is 11.3. The summed E-state index contributed by atoms with van der Waals surface area (Å²) in [5, 5.41) is 0. The summed E-state index contributed by atoms with van der Waals surface area (Å²) in [6, 6.07) is 31.9. The summed E-state index contributed by atoms with van der Waals surface area (Å²) in [4.78, 5) is 60.8. The Kier molecular flexibility index (Phi) is 17.5. The summed E-state index contributed by atoms with van der Waals surface area (Å²) in [6.07, 6.45) is 28.9. The van der Waals surface area contributed by atoms with Crippen LogP contribution in [0.25, 0.3) is 11.1 Å². The first-order valence-corrected chi connectivity index (χ1v) is 30.0. The van der Waals surface area contributed by atoms with E-state index in [0.29, 0.717) is 0 Å². The number of ether oxygens (including phenoxy) is 4. The Morgan fingerprint density at radius 1 is 0.287 bits per heavy atom. The van der Waals surface area contributed by atoms with Crippen molar-refractivity contribution in [2.24, 2.45) is 0 Å². The van der Waals surface area contributed by atoms with Crippen molar-refractivity contribution < 1.29 is 56.2 Å². The number of carbonyl (C=O) groups excluding carboxylic acids is 4. The fourth-order valence-electron chi connectivity index (χ4n) is 8.27. The third kappa shape index (κ3) is 11.6. The highest BCUT2D eigenvalue weighted by Crippen LogP contribution is 2.62. The van der Waals surface area contributed by atoms with E-state index >= 15 is 19.2 Å². The number of aromatic nitrogens is 8. The van der Waals surface area contributed by atoms with Gasteiger partial charge in [0, 0.05) is 99.1 Å². The molecule has 80 heavy (non-hydrogen) atoms. The van der Waals surface area contributed by atoms with Crippen LogP contribution in [0.1, 0.15) is 69.1 Å². The van der Waals surface area contributed by atoms with E-state index < -0.39 is 57.7 Å². The molecule has 0 aliphatic heterocycles. The lowest BCUT2D eigenvalue weighted by Gasteiger charge is -2.31. The predicted molar refractivity (Wildman–Crippen MR) is 305 cm³/mol. The molecule has 24 heteroatoms. The molecule has 0 unspecified atom stereocenters. The summed E-state index contributed by atoms with van der Waals surface area (Å²) < 4.78 is 68.1. The van der Waals surface area contributed by atoms with Crippen LogP contribution in [-0.4, -0.2) is 85.0 Å². The van der Waals surface area contributed by atoms with E-state index in [9.17, 15) is 0 Å². The van der Waals surface area contributed by atoms with Gasteiger partial charge in [-0.05, 0) is 137 Å². The first-order chi connectivity index (χ1) is 39.2. The Morgan fingerprint density at radius 2 is 0.438 bits per heavy atom. The minimum Gasteiger partial charge on any atom is -0.462 e. The molecular formula is C56H54N8O12P4. The summed E-state index contributed by atoms with van der Waals surface area (Å²) in [5.41, 5.74) is -1.40. The van der Waals surface area contributed by atoms with Gasteiger partial charge in [-0.25, -0.2) is 19.2 Å². The van der Waals surface area contributed by atoms with Gasteiger partial charge >= 0.3 is 57.7 Å². The van der Waals surface area contributed by atoms with Gasteiger partial charge in [0.1, 0.15) is 22.3 Å². The lowest BCUT2D eigenvalue weighted by molar-refractivity contribution is 0.0502. The maximum absolute atomic E-state index is 15.2. The Bertz CT molecular complexity index is 3000. The van der Waals surface area contributed by atoms with Crippen molar-refractivity contribution >= 4 is 57.7 Å². The first-order valence-electron chi connectivity index (χ1n) is 25.3. The van der Waals surface area contributed by atoms with Gasteiger partial charge in [-0.3, -0.25) is 34.7 Å². The van der Waals surface area contributed by atoms with Gasteiger partial charge in [0.05, 0.1) is 37.6 Å². The second-order valence-corrected chi connectivity index (χ2v) is 23.2. The molecule has 8 aromatic heterocycles. The number of carbonyl (C=O) groups is 4. The highest BCUT2D eigenvalue weighted by molar-refractivity contribution is 7.50. The molecule has 0 spiro atoms. The number of nitrogens with zero attached hydrogens (tertiary/aromatic N) is 8. The fourth-order valence-corrected chi connectivity index (χ4v) is 14.4. The average Bonchev–Trinajstić information content (AvgIpc) is 4.33. The largest absolute Gasteiger partial charge is 0.462 e. The molecular weight excluding hydrogens is 1100 g/mol. The van der Waals surface area contributed by atoms with E-state index in [1.54, 1.807) is 27.7 Å². The molecule has 0 N–H and O–H groups in total. The van der Waals surface area contributed by atoms with Crippen molar-refractivity contribution in [3.05, 3.63) is 231 Å². The predicted octanol–water partition coefficient (Wildman–Crippen LogP) is 13.3. The number of benzene rings is 2. The van der Waals surface area contributed by atoms with Crippen LogP contribution in [0.3, 0.4) is 0 Å². The molecule has 0 amide bonds. The second kappa shape index (κ2) is 25.5. The number of esters is 4. The summed E-state index contributed by atoms with van der Waals surface area (Å²) in [6.45, 7) is 6.22. The van der Waals surface area contributed by atoms with Crippen LogP contribution in [-0.2, 0) is 18.9 Å². The Morgan fingerprint density at radius 3 is 0.575 bits per heavy atom. The molecule has 0 saturated heterocycles. The average molecular weight is 1150 g/mol. The lowest BCUT2D eigenvalue weighted by atomic mass is 9.91. The van der Waals surface area contributed by atoms with Crippen molar-refractivity contribution in [2.45, 2.75) is 27.7 Å².